The Labute approximate surface area is 178 Å². The first kappa shape index (κ1) is 25.6. The molecule has 0 heterocycles. The Balaban J connectivity index is 3.43. The van der Waals surface area contributed by atoms with E-state index in [0.717, 1.165) is 5.56 Å². The molecule has 8 heteroatoms. The number of hydroxylamine groups is 2. The van der Waals surface area contributed by atoms with Crippen molar-refractivity contribution in [1.82, 2.24) is 10.4 Å². The van der Waals surface area contributed by atoms with Gasteiger partial charge in [-0.2, -0.15) is 0 Å². The third-order valence-corrected chi connectivity index (χ3v) is 5.66. The number of aliphatic hydroxyl groups is 1. The average Bonchev–Trinajstić information content (AvgIpc) is 2.69. The second-order valence-corrected chi connectivity index (χ2v) is 8.72. The lowest BCUT2D eigenvalue weighted by atomic mass is 9.57. The van der Waals surface area contributed by atoms with Crippen LogP contribution in [0.2, 0.25) is 0 Å². The van der Waals surface area contributed by atoms with Crippen LogP contribution in [-0.4, -0.2) is 52.8 Å². The summed E-state index contributed by atoms with van der Waals surface area (Å²) in [6.45, 7) is 6.70. The normalized spacial score (nSPS) is 15.5. The lowest BCUT2D eigenvalue weighted by Crippen LogP contribution is -2.62. The van der Waals surface area contributed by atoms with Gasteiger partial charge < -0.3 is 16.2 Å². The van der Waals surface area contributed by atoms with Crippen LogP contribution in [0.4, 0.5) is 0 Å². The van der Waals surface area contributed by atoms with E-state index >= 15 is 0 Å². The highest BCUT2D eigenvalue weighted by atomic mass is 16.5. The molecular weight excluding hydrogens is 386 g/mol. The average molecular weight is 422 g/mol. The minimum absolute atomic E-state index is 0.0230. The molecule has 0 aliphatic carbocycles. The van der Waals surface area contributed by atoms with Crippen LogP contribution in [0.1, 0.15) is 46.1 Å². The molecule has 0 radical (unpaired) electrons. The van der Waals surface area contributed by atoms with E-state index in [-0.39, 0.29) is 26.0 Å². The summed E-state index contributed by atoms with van der Waals surface area (Å²) in [5.41, 5.74) is 4.70. The van der Waals surface area contributed by atoms with Gasteiger partial charge in [-0.05, 0) is 37.2 Å². The maximum atomic E-state index is 13.1. The van der Waals surface area contributed by atoms with E-state index in [1.54, 1.807) is 20.8 Å². The molecule has 1 aromatic rings. The third kappa shape index (κ3) is 6.03. The van der Waals surface area contributed by atoms with Gasteiger partial charge >= 0.3 is 0 Å². The van der Waals surface area contributed by atoms with Crippen LogP contribution in [0, 0.1) is 16.7 Å². The molecule has 0 aromatic heterocycles. The summed E-state index contributed by atoms with van der Waals surface area (Å²) in [5, 5.41) is 22.3. The zero-order chi connectivity index (χ0) is 22.9. The van der Waals surface area contributed by atoms with Gasteiger partial charge in [0.25, 0.3) is 0 Å². The highest BCUT2D eigenvalue weighted by Gasteiger charge is 2.57. The summed E-state index contributed by atoms with van der Waals surface area (Å²) in [5.74, 6) is -2.17. The Bertz CT molecular complexity index is 704. The Morgan fingerprint density at radius 1 is 1.23 bits per heavy atom. The van der Waals surface area contributed by atoms with Crippen LogP contribution in [0.25, 0.3) is 0 Å². The van der Waals surface area contributed by atoms with E-state index in [1.807, 2.05) is 30.3 Å². The van der Waals surface area contributed by atoms with Crippen molar-refractivity contribution in [3.8, 4) is 0 Å². The van der Waals surface area contributed by atoms with Gasteiger partial charge in [-0.1, -0.05) is 51.1 Å². The first-order valence-electron chi connectivity index (χ1n) is 10.2. The van der Waals surface area contributed by atoms with E-state index in [4.69, 9.17) is 10.8 Å². The van der Waals surface area contributed by atoms with Gasteiger partial charge in [-0.15, -0.1) is 0 Å². The van der Waals surface area contributed by atoms with Gasteiger partial charge in [0, 0.05) is 6.54 Å². The molecule has 168 valence electrons. The zero-order valence-corrected chi connectivity index (χ0v) is 18.3. The Morgan fingerprint density at radius 2 is 1.83 bits per heavy atom. The minimum atomic E-state index is -1.53. The van der Waals surface area contributed by atoms with Crippen molar-refractivity contribution in [2.75, 3.05) is 13.2 Å². The summed E-state index contributed by atoms with van der Waals surface area (Å²) in [4.78, 5) is 37.4. The van der Waals surface area contributed by atoms with Gasteiger partial charge in [-0.3, -0.25) is 19.6 Å². The van der Waals surface area contributed by atoms with Gasteiger partial charge in [0.15, 0.2) is 0 Å². The summed E-state index contributed by atoms with van der Waals surface area (Å²) in [7, 11) is 0. The molecule has 1 unspecified atom stereocenters. The number of aryl methyl sites for hydroxylation is 1. The number of hydrogen-bond acceptors (Lipinski definition) is 5. The van der Waals surface area contributed by atoms with Gasteiger partial charge in [0.2, 0.25) is 18.2 Å². The van der Waals surface area contributed by atoms with Crippen LogP contribution >= 0.6 is 0 Å². The lowest BCUT2D eigenvalue weighted by molar-refractivity contribution is -0.187. The summed E-state index contributed by atoms with van der Waals surface area (Å²) in [6.07, 6.45) is 1.57. The van der Waals surface area contributed by atoms with Gasteiger partial charge in [-0.25, -0.2) is 5.06 Å². The molecule has 0 fully saturated rings. The third-order valence-electron chi connectivity index (χ3n) is 5.66. The molecule has 0 spiro atoms. The number of aliphatic hydroxyl groups excluding tert-OH is 1. The molecule has 1 rings (SSSR count). The molecule has 30 heavy (non-hydrogen) atoms. The van der Waals surface area contributed by atoms with Crippen molar-refractivity contribution >= 4 is 18.2 Å². The SMILES string of the molecule is C[C@H](N(O)C=O)C(CCCc1ccccc1)(C(N)=O)[C@@H](C(=O)NCCO)C(C)(C)C. The second kappa shape index (κ2) is 11.1. The quantitative estimate of drug-likeness (QED) is 0.231. The minimum Gasteiger partial charge on any atom is -0.395 e. The maximum absolute atomic E-state index is 13.1. The van der Waals surface area contributed by atoms with Crippen LogP contribution in [0.3, 0.4) is 0 Å². The van der Waals surface area contributed by atoms with E-state index in [0.29, 0.717) is 17.9 Å². The number of nitrogens with two attached hydrogens (primary N) is 1. The van der Waals surface area contributed by atoms with Crippen LogP contribution in [-0.2, 0) is 20.8 Å². The van der Waals surface area contributed by atoms with Gasteiger partial charge in [0.05, 0.1) is 24.0 Å². The van der Waals surface area contributed by atoms with Crippen molar-refractivity contribution < 1.29 is 24.7 Å². The van der Waals surface area contributed by atoms with Crippen LogP contribution in [0.5, 0.6) is 0 Å². The number of primary amides is 1. The molecule has 8 nitrogen and oxygen atoms in total. The number of nitrogens with one attached hydrogen (secondary N) is 1. The molecule has 3 atom stereocenters. The predicted octanol–water partition coefficient (Wildman–Crippen LogP) is 1.49. The fraction of sp³-hybridized carbons (Fsp3) is 0.591. The summed E-state index contributed by atoms with van der Waals surface area (Å²) < 4.78 is 0. The van der Waals surface area contributed by atoms with Crippen LogP contribution in [0.15, 0.2) is 30.3 Å². The number of benzene rings is 1. The Kier molecular flexibility index (Phi) is 9.45. The smallest absolute Gasteiger partial charge is 0.233 e. The largest absolute Gasteiger partial charge is 0.395 e. The first-order valence-corrected chi connectivity index (χ1v) is 10.2. The molecular formula is C22H35N3O5. The number of hydrogen-bond donors (Lipinski definition) is 4. The van der Waals surface area contributed by atoms with Crippen LogP contribution < -0.4 is 11.1 Å². The highest BCUT2D eigenvalue weighted by Crippen LogP contribution is 2.47. The Hall–Kier alpha value is -2.45. The zero-order valence-electron chi connectivity index (χ0n) is 18.3. The monoisotopic (exact) mass is 421 g/mol. The van der Waals surface area contributed by atoms with E-state index in [1.165, 1.54) is 6.92 Å². The highest BCUT2D eigenvalue weighted by molar-refractivity contribution is 5.91. The van der Waals surface area contributed by atoms with Crippen molar-refractivity contribution in [2.45, 2.75) is 53.0 Å². The maximum Gasteiger partial charge on any atom is 0.233 e. The van der Waals surface area contributed by atoms with Crippen molar-refractivity contribution in [3.05, 3.63) is 35.9 Å². The Morgan fingerprint density at radius 3 is 2.30 bits per heavy atom. The van der Waals surface area contributed by atoms with Crippen molar-refractivity contribution in [3.63, 3.8) is 0 Å². The molecule has 0 saturated carbocycles. The fourth-order valence-electron chi connectivity index (χ4n) is 4.30. The lowest BCUT2D eigenvalue weighted by Gasteiger charge is -2.48. The summed E-state index contributed by atoms with van der Waals surface area (Å²) >= 11 is 0. The number of carbonyl (C=O) groups is 3. The molecule has 0 saturated heterocycles. The topological polar surface area (TPSA) is 133 Å². The number of amides is 3. The van der Waals surface area contributed by atoms with Gasteiger partial charge in [0.1, 0.15) is 0 Å². The molecule has 0 aliphatic rings. The predicted molar refractivity (Wildman–Crippen MR) is 113 cm³/mol. The van der Waals surface area contributed by atoms with E-state index in [2.05, 4.69) is 5.32 Å². The van der Waals surface area contributed by atoms with Crippen molar-refractivity contribution in [2.24, 2.45) is 22.5 Å². The molecule has 1 aromatic carbocycles. The molecule has 0 bridgehead atoms. The number of rotatable bonds is 12. The number of carbonyl (C=O) groups excluding carboxylic acids is 3. The number of nitrogens with zero attached hydrogens (tertiary/aromatic N) is 1. The molecule has 3 amide bonds. The molecule has 5 N–H and O–H groups in total. The van der Waals surface area contributed by atoms with E-state index in [9.17, 15) is 19.6 Å². The fourth-order valence-corrected chi connectivity index (χ4v) is 4.30. The van der Waals surface area contributed by atoms with Crippen molar-refractivity contribution in [1.29, 1.82) is 0 Å². The standard InChI is InChI=1S/C22H35N3O5/c1-16(25(30)15-27)22(20(23)29,12-8-11-17-9-6-5-7-10-17)18(21(2,3)4)19(28)24-13-14-26/h5-7,9-10,15-16,18,26,30H,8,11-14H2,1-4H3,(H2,23,29)(H,24,28)/t16-,18-,22?/m0/s1. The first-order chi connectivity index (χ1) is 14.0. The second-order valence-electron chi connectivity index (χ2n) is 8.72. The summed E-state index contributed by atoms with van der Waals surface area (Å²) in [6, 6.07) is 8.65. The van der Waals surface area contributed by atoms with E-state index < -0.39 is 34.6 Å². The molecule has 0 aliphatic heterocycles.